The smallest absolute Gasteiger partial charge is 0.323 e. The summed E-state index contributed by atoms with van der Waals surface area (Å²) in [6, 6.07) is 15.1. The van der Waals surface area contributed by atoms with Gasteiger partial charge in [0.2, 0.25) is 11.9 Å². The Bertz CT molecular complexity index is 1540. The molecule has 0 bridgehead atoms. The third-order valence-electron chi connectivity index (χ3n) is 9.42. The number of likely N-dealkylation sites (tertiary alicyclic amines) is 1. The molecular formula is C35H48N10O3. The van der Waals surface area contributed by atoms with Gasteiger partial charge in [-0.05, 0) is 89.3 Å². The fourth-order valence-corrected chi connectivity index (χ4v) is 6.41. The van der Waals surface area contributed by atoms with Gasteiger partial charge in [0, 0.05) is 86.9 Å². The average molecular weight is 657 g/mol. The Morgan fingerprint density at radius 3 is 2.02 bits per heavy atom. The van der Waals surface area contributed by atoms with Crippen LogP contribution in [0.4, 0.5) is 28.1 Å². The largest absolute Gasteiger partial charge is 0.378 e. The topological polar surface area (TPSA) is 122 Å². The molecular weight excluding hydrogens is 608 g/mol. The molecule has 2 N–H and O–H groups in total. The monoisotopic (exact) mass is 656 g/mol. The molecule has 0 saturated carbocycles. The summed E-state index contributed by atoms with van der Waals surface area (Å²) in [5.41, 5.74) is 2.69. The molecule has 1 aromatic heterocycles. The van der Waals surface area contributed by atoms with Gasteiger partial charge in [0.05, 0.1) is 13.2 Å². The van der Waals surface area contributed by atoms with E-state index in [4.69, 9.17) is 19.7 Å². The molecule has 256 valence electrons. The van der Waals surface area contributed by atoms with E-state index in [9.17, 15) is 9.59 Å². The van der Waals surface area contributed by atoms with Crippen LogP contribution < -0.4 is 20.4 Å². The van der Waals surface area contributed by atoms with Crippen molar-refractivity contribution in [2.45, 2.75) is 38.8 Å². The summed E-state index contributed by atoms with van der Waals surface area (Å²) in [5.74, 6) is 1.97. The minimum absolute atomic E-state index is 0.0157. The van der Waals surface area contributed by atoms with E-state index in [1.165, 1.54) is 0 Å². The number of carbonyl (C=O) groups excluding carboxylic acids is 2. The van der Waals surface area contributed by atoms with Crippen LogP contribution in [0.25, 0.3) is 11.4 Å². The number of nitrogens with zero attached hydrogens (tertiary/aromatic N) is 8. The molecule has 13 nitrogen and oxygen atoms in total. The molecule has 1 atom stereocenters. The van der Waals surface area contributed by atoms with Crippen LogP contribution in [0.1, 0.15) is 37.0 Å². The lowest BCUT2D eigenvalue weighted by Gasteiger charge is -2.28. The van der Waals surface area contributed by atoms with Gasteiger partial charge >= 0.3 is 6.03 Å². The van der Waals surface area contributed by atoms with Crippen molar-refractivity contribution in [3.05, 3.63) is 54.1 Å². The van der Waals surface area contributed by atoms with Gasteiger partial charge in [-0.2, -0.15) is 15.0 Å². The van der Waals surface area contributed by atoms with Crippen molar-refractivity contribution in [1.29, 1.82) is 0 Å². The maximum Gasteiger partial charge on any atom is 0.323 e. The number of amides is 3. The average Bonchev–Trinajstić information content (AvgIpc) is 3.47. The first-order chi connectivity index (χ1) is 23.2. The molecule has 3 saturated heterocycles. The predicted octanol–water partition coefficient (Wildman–Crippen LogP) is 3.72. The Morgan fingerprint density at radius 1 is 0.792 bits per heavy atom. The highest BCUT2D eigenvalue weighted by atomic mass is 16.5. The summed E-state index contributed by atoms with van der Waals surface area (Å²) < 4.78 is 5.57. The number of aromatic nitrogens is 3. The van der Waals surface area contributed by atoms with E-state index in [0.29, 0.717) is 60.0 Å². The molecule has 3 aliphatic heterocycles. The molecule has 13 heteroatoms. The summed E-state index contributed by atoms with van der Waals surface area (Å²) in [5, 5.41) is 5.75. The number of carbonyl (C=O) groups is 2. The van der Waals surface area contributed by atoms with Crippen molar-refractivity contribution in [3.63, 3.8) is 0 Å². The molecule has 0 radical (unpaired) electrons. The fraction of sp³-hybridized carbons (Fsp3) is 0.514. The van der Waals surface area contributed by atoms with Crippen LogP contribution in [0.15, 0.2) is 48.5 Å². The molecule has 3 aromatic rings. The molecule has 2 aromatic carbocycles. The summed E-state index contributed by atoms with van der Waals surface area (Å²) >= 11 is 0. The van der Waals surface area contributed by atoms with Gasteiger partial charge in [-0.15, -0.1) is 0 Å². The van der Waals surface area contributed by atoms with Gasteiger partial charge < -0.3 is 35.0 Å². The van der Waals surface area contributed by atoms with Crippen LogP contribution in [-0.2, 0) is 4.74 Å². The molecule has 3 amide bonds. The Hall–Kier alpha value is -4.33. The zero-order valence-corrected chi connectivity index (χ0v) is 28.6. The number of ether oxygens (including phenoxy) is 1. The second-order valence-corrected chi connectivity index (χ2v) is 13.2. The highest BCUT2D eigenvalue weighted by Gasteiger charge is 2.28. The summed E-state index contributed by atoms with van der Waals surface area (Å²) in [4.78, 5) is 51.5. The third kappa shape index (κ3) is 8.20. The lowest BCUT2D eigenvalue weighted by molar-refractivity contribution is 0.0783. The Kier molecular flexibility index (Phi) is 10.7. The highest BCUT2D eigenvalue weighted by molar-refractivity contribution is 6.00. The van der Waals surface area contributed by atoms with Crippen LogP contribution in [0.3, 0.4) is 0 Å². The molecule has 6 rings (SSSR count). The van der Waals surface area contributed by atoms with Crippen molar-refractivity contribution in [2.24, 2.45) is 0 Å². The molecule has 0 unspecified atom stereocenters. The zero-order chi connectivity index (χ0) is 33.6. The maximum absolute atomic E-state index is 12.9. The number of anilines is 4. The number of benzene rings is 2. The standard InChI is InChI=1S/C35H48N10O3/c1-25(2)42-15-5-16-43(19-18-42)33-38-31(39-34(40-33)44-20-22-48-23-21-44)26-6-10-28(11-7-26)36-35(47)37-29-12-8-27(9-13-29)32(46)45-17-14-30(24-45)41(3)4/h6-13,25,30H,5,14-24H2,1-4H3,(H2,36,37,47)/t30-/m1/s1. The van der Waals surface area contributed by atoms with Crippen LogP contribution in [0.2, 0.25) is 0 Å². The van der Waals surface area contributed by atoms with Crippen LogP contribution in [0.5, 0.6) is 0 Å². The summed E-state index contributed by atoms with van der Waals surface area (Å²) in [6.45, 7) is 12.5. The molecule has 0 aliphatic carbocycles. The van der Waals surface area contributed by atoms with Gasteiger partial charge in [0.1, 0.15) is 0 Å². The van der Waals surface area contributed by atoms with Gasteiger partial charge in [-0.25, -0.2) is 4.79 Å². The lowest BCUT2D eigenvalue weighted by Crippen LogP contribution is -2.38. The normalized spacial score (nSPS) is 19.1. The van der Waals surface area contributed by atoms with Crippen molar-refractivity contribution in [2.75, 3.05) is 100 Å². The van der Waals surface area contributed by atoms with Gasteiger partial charge in [-0.3, -0.25) is 9.69 Å². The molecule has 4 heterocycles. The van der Waals surface area contributed by atoms with Gasteiger partial charge in [-0.1, -0.05) is 0 Å². The molecule has 0 spiro atoms. The fourth-order valence-electron chi connectivity index (χ4n) is 6.41. The predicted molar refractivity (Wildman–Crippen MR) is 189 cm³/mol. The second kappa shape index (κ2) is 15.3. The second-order valence-electron chi connectivity index (χ2n) is 13.2. The Labute approximate surface area is 283 Å². The van der Waals surface area contributed by atoms with Crippen molar-refractivity contribution >= 4 is 35.2 Å². The number of urea groups is 1. The number of morpholine rings is 1. The first kappa shape index (κ1) is 33.6. The zero-order valence-electron chi connectivity index (χ0n) is 28.6. The lowest BCUT2D eigenvalue weighted by atomic mass is 10.2. The van der Waals surface area contributed by atoms with E-state index >= 15 is 0 Å². The van der Waals surface area contributed by atoms with Crippen LogP contribution in [0, 0.1) is 0 Å². The molecule has 3 aliphatic rings. The van der Waals surface area contributed by atoms with E-state index in [2.05, 4.69) is 44.1 Å². The first-order valence-corrected chi connectivity index (χ1v) is 17.1. The number of likely N-dealkylation sites (N-methyl/N-ethyl adjacent to an activating group) is 1. The van der Waals surface area contributed by atoms with E-state index in [1.807, 2.05) is 43.3 Å². The maximum atomic E-state index is 12.9. The number of hydrogen-bond donors (Lipinski definition) is 2. The molecule has 3 fully saturated rings. The van der Waals surface area contributed by atoms with Crippen molar-refractivity contribution in [1.82, 2.24) is 29.7 Å². The van der Waals surface area contributed by atoms with Crippen molar-refractivity contribution in [3.8, 4) is 11.4 Å². The van der Waals surface area contributed by atoms with E-state index < -0.39 is 0 Å². The minimum atomic E-state index is -0.371. The van der Waals surface area contributed by atoms with E-state index in [0.717, 1.165) is 70.8 Å². The number of rotatable bonds is 8. The Balaban J connectivity index is 1.10. The SMILES string of the molecule is CC(C)N1CCCN(c2nc(-c3ccc(NC(=O)Nc4ccc(C(=O)N5CC[C@@H](N(C)C)C5)cc4)cc3)nc(N3CCOCC3)n2)CC1. The third-order valence-corrected chi connectivity index (χ3v) is 9.42. The highest BCUT2D eigenvalue weighted by Crippen LogP contribution is 2.25. The van der Waals surface area contributed by atoms with Crippen LogP contribution >= 0.6 is 0 Å². The summed E-state index contributed by atoms with van der Waals surface area (Å²) in [7, 11) is 4.09. The van der Waals surface area contributed by atoms with Gasteiger partial charge in [0.25, 0.3) is 5.91 Å². The van der Waals surface area contributed by atoms with Crippen molar-refractivity contribution < 1.29 is 14.3 Å². The Morgan fingerprint density at radius 2 is 1.42 bits per heavy atom. The van der Waals surface area contributed by atoms with Gasteiger partial charge in [0.15, 0.2) is 5.82 Å². The quantitative estimate of drug-likeness (QED) is 0.371. The number of hydrogen-bond acceptors (Lipinski definition) is 10. The minimum Gasteiger partial charge on any atom is -0.378 e. The van der Waals surface area contributed by atoms with E-state index in [-0.39, 0.29) is 11.9 Å². The van der Waals surface area contributed by atoms with Crippen LogP contribution in [-0.4, -0.2) is 133 Å². The summed E-state index contributed by atoms with van der Waals surface area (Å²) in [6.07, 6.45) is 2.02. The molecule has 48 heavy (non-hydrogen) atoms. The van der Waals surface area contributed by atoms with E-state index in [1.54, 1.807) is 24.3 Å². The first-order valence-electron chi connectivity index (χ1n) is 17.1. The number of nitrogens with one attached hydrogen (secondary N) is 2.